The second-order valence-electron chi connectivity index (χ2n) is 10.9. The van der Waals surface area contributed by atoms with Crippen LogP contribution in [-0.2, 0) is 6.54 Å². The molecule has 11 nitrogen and oxygen atoms in total. The summed E-state index contributed by atoms with van der Waals surface area (Å²) in [7, 11) is 1.72. The Labute approximate surface area is 242 Å². The molecule has 1 saturated heterocycles. The van der Waals surface area contributed by atoms with Gasteiger partial charge in [0.25, 0.3) is 0 Å². The molecule has 3 aromatic rings. The van der Waals surface area contributed by atoms with E-state index in [2.05, 4.69) is 5.32 Å². The molecular weight excluding hydrogens is 550 g/mol. The number of nitrogens with one attached hydrogen (secondary N) is 1. The highest BCUT2D eigenvalue weighted by Gasteiger charge is 2.44. The number of fused-ring (bicyclic) bond motifs is 5. The standard InChI is InChI=1S/C29H31N5O6.ClH/c1-17(35)18-5-7-19(8-6-18)33-26(36)32-14-12-23-25(34(32)27(33)37)22-10-9-21(15-24(22)40-29(23,2)3)39-28(38)31(4)20-11-13-30-16-20;/h5-10,12,15,20,25,30H,11,13-14,16H2,1-4H3;1H. The molecule has 1 fully saturated rings. The van der Waals surface area contributed by atoms with E-state index in [1.807, 2.05) is 19.9 Å². The quantitative estimate of drug-likeness (QED) is 0.372. The third-order valence-corrected chi connectivity index (χ3v) is 8.03. The number of nitrogens with zero attached hydrogens (tertiary/aromatic N) is 4. The molecule has 1 amide bonds. The van der Waals surface area contributed by atoms with Crippen molar-refractivity contribution in [3.8, 4) is 17.2 Å². The number of halogens is 1. The molecule has 0 radical (unpaired) electrons. The summed E-state index contributed by atoms with van der Waals surface area (Å²) in [4.78, 5) is 53.4. The number of rotatable bonds is 4. The number of carbonyl (C=O) groups is 2. The van der Waals surface area contributed by atoms with E-state index in [1.165, 1.54) is 16.3 Å². The van der Waals surface area contributed by atoms with Crippen molar-refractivity contribution < 1.29 is 19.1 Å². The van der Waals surface area contributed by atoms with Crippen molar-refractivity contribution in [3.05, 3.63) is 86.2 Å². The van der Waals surface area contributed by atoms with Gasteiger partial charge in [0.05, 0.1) is 12.2 Å². The molecule has 1 N–H and O–H groups in total. The minimum atomic E-state index is -0.793. The number of amides is 1. The number of allylic oxidation sites excluding steroid dienone is 1. The van der Waals surface area contributed by atoms with Gasteiger partial charge in [-0.2, -0.15) is 0 Å². The molecule has 3 aliphatic rings. The Kier molecular flexibility index (Phi) is 7.20. The number of ketones is 1. The average Bonchev–Trinajstić information content (AvgIpc) is 3.55. The van der Waals surface area contributed by atoms with Crippen molar-refractivity contribution in [2.75, 3.05) is 20.1 Å². The number of likely N-dealkylation sites (N-methyl/N-ethyl adjacent to an activating group) is 1. The second kappa shape index (κ2) is 10.4. The Morgan fingerprint density at radius 3 is 2.49 bits per heavy atom. The Balaban J connectivity index is 0.00000337. The van der Waals surface area contributed by atoms with Gasteiger partial charge >= 0.3 is 17.5 Å². The van der Waals surface area contributed by atoms with Gasteiger partial charge in [-0.3, -0.25) is 4.79 Å². The molecule has 216 valence electrons. The van der Waals surface area contributed by atoms with Gasteiger partial charge in [-0.25, -0.2) is 28.3 Å². The van der Waals surface area contributed by atoms with Crippen LogP contribution in [0.25, 0.3) is 5.69 Å². The van der Waals surface area contributed by atoms with Gasteiger partial charge in [0.2, 0.25) is 0 Å². The first-order valence-electron chi connectivity index (χ1n) is 13.3. The normalized spacial score (nSPS) is 20.0. The molecule has 1 aromatic heterocycles. The van der Waals surface area contributed by atoms with E-state index in [4.69, 9.17) is 9.47 Å². The predicted molar refractivity (Wildman–Crippen MR) is 154 cm³/mol. The topological polar surface area (TPSA) is 117 Å². The molecule has 0 spiro atoms. The Morgan fingerprint density at radius 1 is 1.10 bits per heavy atom. The third-order valence-electron chi connectivity index (χ3n) is 8.03. The van der Waals surface area contributed by atoms with E-state index in [9.17, 15) is 19.2 Å². The van der Waals surface area contributed by atoms with Crippen LogP contribution < -0.4 is 26.2 Å². The zero-order chi connectivity index (χ0) is 28.3. The Hall–Kier alpha value is -4.09. The van der Waals surface area contributed by atoms with Crippen LogP contribution in [0, 0.1) is 0 Å². The molecule has 2 atom stereocenters. The van der Waals surface area contributed by atoms with Crippen molar-refractivity contribution in [2.24, 2.45) is 0 Å². The van der Waals surface area contributed by atoms with Gasteiger partial charge in [-0.1, -0.05) is 6.08 Å². The lowest BCUT2D eigenvalue weighted by atomic mass is 9.83. The van der Waals surface area contributed by atoms with Gasteiger partial charge in [0, 0.05) is 36.8 Å². The van der Waals surface area contributed by atoms with E-state index in [-0.39, 0.29) is 30.8 Å². The van der Waals surface area contributed by atoms with Crippen molar-refractivity contribution >= 4 is 24.3 Å². The maximum Gasteiger partial charge on any atom is 0.415 e. The summed E-state index contributed by atoms with van der Waals surface area (Å²) in [5.41, 5.74) is 0.638. The summed E-state index contributed by atoms with van der Waals surface area (Å²) in [6.07, 6.45) is 2.33. The van der Waals surface area contributed by atoms with Crippen LogP contribution in [-0.4, -0.2) is 62.5 Å². The molecule has 41 heavy (non-hydrogen) atoms. The molecule has 0 aliphatic carbocycles. The Morgan fingerprint density at radius 2 is 1.83 bits per heavy atom. The highest BCUT2D eigenvalue weighted by atomic mass is 35.5. The molecule has 0 bridgehead atoms. The molecular formula is C29H32ClN5O6. The van der Waals surface area contributed by atoms with E-state index < -0.39 is 29.1 Å². The van der Waals surface area contributed by atoms with Crippen LogP contribution in [0.5, 0.6) is 11.5 Å². The smallest absolute Gasteiger partial charge is 0.415 e. The van der Waals surface area contributed by atoms with Gasteiger partial charge in [-0.05, 0) is 75.7 Å². The maximum absolute atomic E-state index is 13.8. The monoisotopic (exact) mass is 581 g/mol. The van der Waals surface area contributed by atoms with Gasteiger partial charge in [0.1, 0.15) is 23.1 Å². The first-order chi connectivity index (χ1) is 19.1. The summed E-state index contributed by atoms with van der Waals surface area (Å²) >= 11 is 0. The summed E-state index contributed by atoms with van der Waals surface area (Å²) in [5, 5.41) is 3.24. The first kappa shape index (κ1) is 28.4. The summed E-state index contributed by atoms with van der Waals surface area (Å²) < 4.78 is 16.0. The molecule has 6 rings (SSSR count). The number of hydrogen-bond donors (Lipinski definition) is 1. The minimum Gasteiger partial charge on any atom is -0.483 e. The largest absolute Gasteiger partial charge is 0.483 e. The molecule has 0 saturated carbocycles. The number of ether oxygens (including phenoxy) is 2. The number of Topliss-reactive ketones (excluding diaryl/α,β-unsaturated/α-hetero) is 1. The van der Waals surface area contributed by atoms with E-state index >= 15 is 0 Å². The number of carbonyl (C=O) groups excluding carboxylic acids is 2. The fourth-order valence-electron chi connectivity index (χ4n) is 5.80. The maximum atomic E-state index is 13.8. The van der Waals surface area contributed by atoms with Crippen LogP contribution in [0.15, 0.2) is 63.7 Å². The molecule has 12 heteroatoms. The number of hydrogen-bond acceptors (Lipinski definition) is 7. The number of aromatic nitrogens is 3. The van der Waals surface area contributed by atoms with Crippen LogP contribution >= 0.6 is 12.4 Å². The number of benzene rings is 2. The summed E-state index contributed by atoms with van der Waals surface area (Å²) in [6.45, 7) is 7.06. The third kappa shape index (κ3) is 4.68. The van der Waals surface area contributed by atoms with Crippen molar-refractivity contribution in [3.63, 3.8) is 0 Å². The lowest BCUT2D eigenvalue weighted by Gasteiger charge is -2.42. The zero-order valence-electron chi connectivity index (χ0n) is 23.2. The van der Waals surface area contributed by atoms with E-state index in [0.29, 0.717) is 28.3 Å². The van der Waals surface area contributed by atoms with Crippen molar-refractivity contribution in [2.45, 2.75) is 51.4 Å². The second-order valence-corrected chi connectivity index (χ2v) is 10.9. The fraction of sp³-hybridized carbons (Fsp3) is 0.379. The molecule has 3 aliphatic heterocycles. The first-order valence-corrected chi connectivity index (χ1v) is 13.3. The van der Waals surface area contributed by atoms with Gasteiger partial charge in [0.15, 0.2) is 5.78 Å². The highest BCUT2D eigenvalue weighted by Crippen LogP contribution is 2.47. The molecule has 2 aromatic carbocycles. The van der Waals surface area contributed by atoms with E-state index in [1.54, 1.807) is 54.4 Å². The molecule has 2 unspecified atom stereocenters. The average molecular weight is 582 g/mol. The lowest BCUT2D eigenvalue weighted by Crippen LogP contribution is -2.46. The molecule has 4 heterocycles. The fourth-order valence-corrected chi connectivity index (χ4v) is 5.80. The van der Waals surface area contributed by atoms with Crippen LogP contribution in [0.4, 0.5) is 4.79 Å². The van der Waals surface area contributed by atoms with Crippen molar-refractivity contribution in [1.82, 2.24) is 24.1 Å². The van der Waals surface area contributed by atoms with Gasteiger partial charge < -0.3 is 19.7 Å². The van der Waals surface area contributed by atoms with Crippen LogP contribution in [0.2, 0.25) is 0 Å². The zero-order valence-corrected chi connectivity index (χ0v) is 24.1. The predicted octanol–water partition coefficient (Wildman–Crippen LogP) is 2.92. The van der Waals surface area contributed by atoms with Crippen molar-refractivity contribution in [1.29, 1.82) is 0 Å². The Bertz CT molecular complexity index is 1680. The lowest BCUT2D eigenvalue weighted by molar-refractivity contribution is 0.101. The summed E-state index contributed by atoms with van der Waals surface area (Å²) in [6, 6.07) is 11.0. The van der Waals surface area contributed by atoms with E-state index in [0.717, 1.165) is 29.7 Å². The SMILES string of the molecule is CC(=O)c1ccc(-n2c(=O)n3n(c2=O)C2C(=CC3)C(C)(C)Oc3cc(OC(=O)N(C)C4CCNC4)ccc32)cc1.Cl. The minimum absolute atomic E-state index is 0. The van der Waals surface area contributed by atoms with Crippen LogP contribution in [0.3, 0.4) is 0 Å². The summed E-state index contributed by atoms with van der Waals surface area (Å²) in [5.74, 6) is 0.691. The van der Waals surface area contributed by atoms with Crippen LogP contribution in [0.1, 0.15) is 49.2 Å². The van der Waals surface area contributed by atoms with Gasteiger partial charge in [-0.15, -0.1) is 12.4 Å². The highest BCUT2D eigenvalue weighted by molar-refractivity contribution is 5.94.